The first-order chi connectivity index (χ1) is 9.02. The Bertz CT molecular complexity index is 599. The summed E-state index contributed by atoms with van der Waals surface area (Å²) in [6.07, 6.45) is 0. The number of nitrogens with one attached hydrogen (secondary N) is 1. The van der Waals surface area contributed by atoms with Crippen molar-refractivity contribution in [3.8, 4) is 0 Å². The van der Waals surface area contributed by atoms with Crippen molar-refractivity contribution < 1.29 is 8.78 Å². The second-order valence-corrected chi connectivity index (χ2v) is 5.25. The van der Waals surface area contributed by atoms with Gasteiger partial charge in [-0.05, 0) is 37.2 Å². The molecule has 2 rings (SSSR count). The molecule has 1 atom stereocenters. The van der Waals surface area contributed by atoms with Gasteiger partial charge in [-0.25, -0.2) is 8.78 Å². The van der Waals surface area contributed by atoms with Crippen LogP contribution in [0.2, 0.25) is 0 Å². The Morgan fingerprint density at radius 3 is 2.42 bits per heavy atom. The normalized spacial score (nSPS) is 12.5. The summed E-state index contributed by atoms with van der Waals surface area (Å²) in [5.74, 6) is -1.11. The van der Waals surface area contributed by atoms with Crippen molar-refractivity contribution in [2.24, 2.45) is 0 Å². The van der Waals surface area contributed by atoms with E-state index in [0.717, 1.165) is 21.7 Å². The number of halogens is 3. The molecule has 0 saturated heterocycles. The lowest BCUT2D eigenvalue weighted by atomic mass is 9.97. The van der Waals surface area contributed by atoms with Crippen LogP contribution in [0.15, 0.2) is 40.9 Å². The molecule has 0 saturated carbocycles. The van der Waals surface area contributed by atoms with E-state index in [1.165, 1.54) is 12.1 Å². The summed E-state index contributed by atoms with van der Waals surface area (Å²) in [6.45, 7) is 1.99. The summed E-state index contributed by atoms with van der Waals surface area (Å²) in [5, 5.41) is 3.06. The van der Waals surface area contributed by atoms with Crippen LogP contribution in [0, 0.1) is 18.6 Å². The van der Waals surface area contributed by atoms with Gasteiger partial charge in [-0.2, -0.15) is 0 Å². The molecule has 2 aromatic rings. The number of benzene rings is 2. The summed E-state index contributed by atoms with van der Waals surface area (Å²) in [7, 11) is 1.75. The average molecular weight is 326 g/mol. The largest absolute Gasteiger partial charge is 0.309 e. The third-order valence-corrected chi connectivity index (χ3v) is 3.95. The lowest BCUT2D eigenvalue weighted by molar-refractivity contribution is 0.551. The zero-order valence-corrected chi connectivity index (χ0v) is 12.3. The molecule has 100 valence electrons. The zero-order valence-electron chi connectivity index (χ0n) is 10.7. The van der Waals surface area contributed by atoms with Crippen LogP contribution in [0.5, 0.6) is 0 Å². The van der Waals surface area contributed by atoms with E-state index in [1.807, 2.05) is 25.1 Å². The van der Waals surface area contributed by atoms with Gasteiger partial charge in [-0.1, -0.05) is 34.1 Å². The average Bonchev–Trinajstić information content (AvgIpc) is 2.37. The molecule has 2 aromatic carbocycles. The van der Waals surface area contributed by atoms with Crippen LogP contribution < -0.4 is 5.32 Å². The minimum Gasteiger partial charge on any atom is -0.309 e. The fraction of sp³-hybridized carbons (Fsp3) is 0.200. The molecule has 1 nitrogen and oxygen atoms in total. The van der Waals surface area contributed by atoms with Crippen LogP contribution in [-0.2, 0) is 0 Å². The van der Waals surface area contributed by atoms with Gasteiger partial charge in [0.05, 0.1) is 6.04 Å². The smallest absolute Gasteiger partial charge is 0.131 e. The highest BCUT2D eigenvalue weighted by Gasteiger charge is 2.17. The number of rotatable bonds is 3. The predicted octanol–water partition coefficient (Wildman–Crippen LogP) is 4.34. The molecule has 0 spiro atoms. The molecule has 0 heterocycles. The minimum atomic E-state index is -0.568. The van der Waals surface area contributed by atoms with Crippen molar-refractivity contribution in [3.05, 3.63) is 69.2 Å². The molecule has 0 radical (unpaired) electrons. The Balaban J connectivity index is 2.46. The number of aryl methyl sites for hydroxylation is 1. The van der Waals surface area contributed by atoms with Crippen LogP contribution in [0.4, 0.5) is 8.78 Å². The first kappa shape index (κ1) is 14.2. The highest BCUT2D eigenvalue weighted by molar-refractivity contribution is 9.10. The van der Waals surface area contributed by atoms with Gasteiger partial charge in [-0.3, -0.25) is 0 Å². The topological polar surface area (TPSA) is 12.0 Å². The second-order valence-electron chi connectivity index (χ2n) is 4.40. The van der Waals surface area contributed by atoms with Crippen molar-refractivity contribution in [1.29, 1.82) is 0 Å². The van der Waals surface area contributed by atoms with Gasteiger partial charge in [0.25, 0.3) is 0 Å². The van der Waals surface area contributed by atoms with Crippen molar-refractivity contribution >= 4 is 15.9 Å². The van der Waals surface area contributed by atoms with E-state index >= 15 is 0 Å². The molecule has 19 heavy (non-hydrogen) atoms. The zero-order chi connectivity index (χ0) is 14.0. The maximum absolute atomic E-state index is 13.9. The molecular formula is C15H14BrF2N. The Morgan fingerprint density at radius 1 is 1.11 bits per heavy atom. The van der Waals surface area contributed by atoms with Crippen LogP contribution in [0.1, 0.15) is 22.7 Å². The maximum atomic E-state index is 13.9. The van der Waals surface area contributed by atoms with E-state index in [9.17, 15) is 8.78 Å². The third-order valence-electron chi connectivity index (χ3n) is 3.09. The lowest BCUT2D eigenvalue weighted by Crippen LogP contribution is -2.19. The Labute approximate surface area is 119 Å². The quantitative estimate of drug-likeness (QED) is 0.884. The predicted molar refractivity (Wildman–Crippen MR) is 76.1 cm³/mol. The summed E-state index contributed by atoms with van der Waals surface area (Å²) in [5.41, 5.74) is 2.46. The molecule has 0 aliphatic heterocycles. The van der Waals surface area contributed by atoms with Gasteiger partial charge in [-0.15, -0.1) is 0 Å². The summed E-state index contributed by atoms with van der Waals surface area (Å²) >= 11 is 3.46. The first-order valence-corrected chi connectivity index (χ1v) is 6.70. The Morgan fingerprint density at radius 2 is 1.84 bits per heavy atom. The standard InChI is InChI=1S/C15H14BrF2N/c1-9-3-4-10(7-13(9)16)15(19-2)12-6-5-11(17)8-14(12)18/h3-8,15,19H,1-2H3. The van der Waals surface area contributed by atoms with Gasteiger partial charge in [0.1, 0.15) is 11.6 Å². The van der Waals surface area contributed by atoms with E-state index in [-0.39, 0.29) is 6.04 Å². The third kappa shape index (κ3) is 3.01. The molecule has 0 bridgehead atoms. The van der Waals surface area contributed by atoms with Crippen molar-refractivity contribution in [2.75, 3.05) is 7.05 Å². The van der Waals surface area contributed by atoms with Gasteiger partial charge in [0, 0.05) is 16.1 Å². The Hall–Kier alpha value is -1.26. The van der Waals surface area contributed by atoms with Crippen LogP contribution in [0.25, 0.3) is 0 Å². The number of hydrogen-bond donors (Lipinski definition) is 1. The number of hydrogen-bond acceptors (Lipinski definition) is 1. The Kier molecular flexibility index (Phi) is 4.32. The van der Waals surface area contributed by atoms with Gasteiger partial charge in [0.2, 0.25) is 0 Å². The van der Waals surface area contributed by atoms with Crippen molar-refractivity contribution in [3.63, 3.8) is 0 Å². The van der Waals surface area contributed by atoms with Crippen molar-refractivity contribution in [1.82, 2.24) is 5.32 Å². The summed E-state index contributed by atoms with van der Waals surface area (Å²) in [4.78, 5) is 0. The molecule has 1 N–H and O–H groups in total. The van der Waals surface area contributed by atoms with E-state index in [2.05, 4.69) is 21.2 Å². The SMILES string of the molecule is CNC(c1ccc(C)c(Br)c1)c1ccc(F)cc1F. The molecule has 0 amide bonds. The van der Waals surface area contributed by atoms with Gasteiger partial charge >= 0.3 is 0 Å². The van der Waals surface area contributed by atoms with E-state index in [1.54, 1.807) is 7.05 Å². The fourth-order valence-electron chi connectivity index (χ4n) is 2.03. The molecule has 0 aromatic heterocycles. The fourth-order valence-corrected chi connectivity index (χ4v) is 2.42. The molecule has 0 fully saturated rings. The highest BCUT2D eigenvalue weighted by atomic mass is 79.9. The van der Waals surface area contributed by atoms with E-state index in [4.69, 9.17) is 0 Å². The first-order valence-electron chi connectivity index (χ1n) is 5.91. The van der Waals surface area contributed by atoms with E-state index in [0.29, 0.717) is 5.56 Å². The minimum absolute atomic E-state index is 0.308. The molecule has 1 unspecified atom stereocenters. The van der Waals surface area contributed by atoms with Gasteiger partial charge < -0.3 is 5.32 Å². The van der Waals surface area contributed by atoms with Crippen molar-refractivity contribution in [2.45, 2.75) is 13.0 Å². The maximum Gasteiger partial charge on any atom is 0.131 e. The van der Waals surface area contributed by atoms with E-state index < -0.39 is 11.6 Å². The summed E-state index contributed by atoms with van der Waals surface area (Å²) in [6, 6.07) is 9.18. The second kappa shape index (κ2) is 5.80. The molecule has 0 aliphatic rings. The molecule has 4 heteroatoms. The molecular weight excluding hydrogens is 312 g/mol. The van der Waals surface area contributed by atoms with Gasteiger partial charge in [0.15, 0.2) is 0 Å². The van der Waals surface area contributed by atoms with Crippen LogP contribution in [-0.4, -0.2) is 7.05 Å². The highest BCUT2D eigenvalue weighted by Crippen LogP contribution is 2.28. The molecule has 0 aliphatic carbocycles. The van der Waals surface area contributed by atoms with Crippen LogP contribution in [0.3, 0.4) is 0 Å². The lowest BCUT2D eigenvalue weighted by Gasteiger charge is -2.18. The van der Waals surface area contributed by atoms with Crippen LogP contribution >= 0.6 is 15.9 Å². The summed E-state index contributed by atoms with van der Waals surface area (Å²) < 4.78 is 27.8. The monoisotopic (exact) mass is 325 g/mol.